The zero-order valence-electron chi connectivity index (χ0n) is 17.4. The van der Waals surface area contributed by atoms with Gasteiger partial charge in [0, 0.05) is 0 Å². The van der Waals surface area contributed by atoms with Gasteiger partial charge in [-0.3, -0.25) is 4.79 Å². The molecule has 0 aromatic heterocycles. The second-order valence-corrected chi connectivity index (χ2v) is 7.45. The van der Waals surface area contributed by atoms with Crippen LogP contribution in [-0.4, -0.2) is 12.1 Å². The summed E-state index contributed by atoms with van der Waals surface area (Å²) in [6.07, 6.45) is 1.90. The maximum atomic E-state index is 12.3. The van der Waals surface area contributed by atoms with Gasteiger partial charge in [-0.25, -0.2) is 5.43 Å². The van der Waals surface area contributed by atoms with E-state index in [1.807, 2.05) is 66.7 Å². The van der Waals surface area contributed by atoms with Gasteiger partial charge in [0.15, 0.2) is 0 Å². The summed E-state index contributed by atoms with van der Waals surface area (Å²) in [5.41, 5.74) is 6.80. The van der Waals surface area contributed by atoms with Crippen molar-refractivity contribution in [2.24, 2.45) is 5.10 Å². The highest BCUT2D eigenvalue weighted by Gasteiger charge is 2.06. The van der Waals surface area contributed by atoms with Crippen molar-refractivity contribution in [1.29, 1.82) is 0 Å². The highest BCUT2D eigenvalue weighted by atomic mass is 16.5. The summed E-state index contributed by atoms with van der Waals surface area (Å²) in [4.78, 5) is 12.3. The van der Waals surface area contributed by atoms with Crippen LogP contribution >= 0.6 is 0 Å². The number of carbonyl (C=O) groups is 1. The molecule has 0 aliphatic heterocycles. The molecule has 0 aliphatic rings. The van der Waals surface area contributed by atoms with Crippen molar-refractivity contribution in [3.63, 3.8) is 0 Å². The van der Waals surface area contributed by atoms with Crippen LogP contribution in [0.3, 0.4) is 0 Å². The van der Waals surface area contributed by atoms with Gasteiger partial charge in [-0.2, -0.15) is 5.10 Å². The van der Waals surface area contributed by atoms with E-state index in [-0.39, 0.29) is 12.3 Å². The van der Waals surface area contributed by atoms with E-state index in [1.165, 1.54) is 5.56 Å². The number of carbonyl (C=O) groups excluding carboxylic acids is 1. The molecule has 0 fully saturated rings. The van der Waals surface area contributed by atoms with Crippen molar-refractivity contribution >= 4 is 22.9 Å². The highest BCUT2D eigenvalue weighted by molar-refractivity contribution is 5.90. The molecule has 0 unspecified atom stereocenters. The molecule has 4 heteroatoms. The van der Waals surface area contributed by atoms with E-state index >= 15 is 0 Å². The van der Waals surface area contributed by atoms with Gasteiger partial charge in [0.05, 0.1) is 12.6 Å². The molecule has 0 heterocycles. The molecular formula is C27H24N2O2. The first-order chi connectivity index (χ1) is 15.2. The van der Waals surface area contributed by atoms with Crippen LogP contribution in [0.15, 0.2) is 96.1 Å². The van der Waals surface area contributed by atoms with Crippen LogP contribution in [0, 0.1) is 6.92 Å². The molecule has 0 atom stereocenters. The van der Waals surface area contributed by atoms with E-state index in [4.69, 9.17) is 4.74 Å². The molecule has 0 bridgehead atoms. The average Bonchev–Trinajstić information content (AvgIpc) is 2.79. The number of nitrogens with zero attached hydrogens (tertiary/aromatic N) is 1. The Hall–Kier alpha value is -3.92. The van der Waals surface area contributed by atoms with Crippen molar-refractivity contribution in [2.45, 2.75) is 20.0 Å². The number of hydrazone groups is 1. The Morgan fingerprint density at radius 1 is 0.935 bits per heavy atom. The predicted molar refractivity (Wildman–Crippen MR) is 125 cm³/mol. The fourth-order valence-corrected chi connectivity index (χ4v) is 3.37. The zero-order valence-corrected chi connectivity index (χ0v) is 17.4. The number of hydrogen-bond acceptors (Lipinski definition) is 3. The first kappa shape index (κ1) is 20.4. The van der Waals surface area contributed by atoms with Gasteiger partial charge in [-0.1, -0.05) is 84.4 Å². The SMILES string of the molecule is Cc1ccc(COc2cccc(/C=N\NC(=O)Cc3cccc4ccccc34)c2)cc1. The number of ether oxygens (including phenoxy) is 1. The molecule has 0 spiro atoms. The molecule has 0 saturated heterocycles. The number of aryl methyl sites for hydroxylation is 1. The van der Waals surface area contributed by atoms with Crippen LogP contribution in [0.4, 0.5) is 0 Å². The average molecular weight is 409 g/mol. The second-order valence-electron chi connectivity index (χ2n) is 7.45. The first-order valence-electron chi connectivity index (χ1n) is 10.2. The quantitative estimate of drug-likeness (QED) is 0.328. The molecule has 4 rings (SSSR count). The number of nitrogens with one attached hydrogen (secondary N) is 1. The molecule has 0 aliphatic carbocycles. The van der Waals surface area contributed by atoms with E-state index in [0.717, 1.165) is 33.2 Å². The van der Waals surface area contributed by atoms with Crippen molar-refractivity contribution in [2.75, 3.05) is 0 Å². The zero-order chi connectivity index (χ0) is 21.5. The Kier molecular flexibility index (Phi) is 6.38. The third-order valence-electron chi connectivity index (χ3n) is 5.02. The minimum atomic E-state index is -0.153. The minimum absolute atomic E-state index is 0.153. The predicted octanol–water partition coefficient (Wildman–Crippen LogP) is 5.42. The molecule has 154 valence electrons. The van der Waals surface area contributed by atoms with E-state index < -0.39 is 0 Å². The minimum Gasteiger partial charge on any atom is -0.489 e. The summed E-state index contributed by atoms with van der Waals surface area (Å²) in [6.45, 7) is 2.57. The maximum absolute atomic E-state index is 12.3. The van der Waals surface area contributed by atoms with Crippen LogP contribution in [0.1, 0.15) is 22.3 Å². The van der Waals surface area contributed by atoms with E-state index in [2.05, 4.69) is 41.7 Å². The Morgan fingerprint density at radius 2 is 1.71 bits per heavy atom. The maximum Gasteiger partial charge on any atom is 0.244 e. The summed E-state index contributed by atoms with van der Waals surface area (Å²) in [5, 5.41) is 6.32. The lowest BCUT2D eigenvalue weighted by molar-refractivity contribution is -0.120. The van der Waals surface area contributed by atoms with E-state index in [9.17, 15) is 4.79 Å². The number of amides is 1. The standard InChI is InChI=1S/C27H24N2O2/c1-20-12-14-21(15-13-20)19-31-25-10-4-6-22(16-25)18-28-29-27(30)17-24-9-5-8-23-7-2-3-11-26(23)24/h2-16,18H,17,19H2,1H3,(H,29,30)/b28-18-. The van der Waals surface area contributed by atoms with Gasteiger partial charge in [-0.05, 0) is 46.5 Å². The van der Waals surface area contributed by atoms with Crippen molar-refractivity contribution in [3.8, 4) is 5.75 Å². The van der Waals surface area contributed by atoms with Gasteiger partial charge in [0.2, 0.25) is 5.91 Å². The van der Waals surface area contributed by atoms with Gasteiger partial charge in [0.25, 0.3) is 0 Å². The van der Waals surface area contributed by atoms with Crippen molar-refractivity contribution in [3.05, 3.63) is 113 Å². The molecule has 4 aromatic carbocycles. The molecule has 31 heavy (non-hydrogen) atoms. The van der Waals surface area contributed by atoms with Gasteiger partial charge >= 0.3 is 0 Å². The van der Waals surface area contributed by atoms with E-state index in [0.29, 0.717) is 6.61 Å². The number of fused-ring (bicyclic) bond motifs is 1. The fourth-order valence-electron chi connectivity index (χ4n) is 3.37. The van der Waals surface area contributed by atoms with Crippen LogP contribution in [0.25, 0.3) is 10.8 Å². The highest BCUT2D eigenvalue weighted by Crippen LogP contribution is 2.19. The molecule has 4 nitrogen and oxygen atoms in total. The Morgan fingerprint density at radius 3 is 2.58 bits per heavy atom. The molecule has 0 saturated carbocycles. The first-order valence-corrected chi connectivity index (χ1v) is 10.2. The lowest BCUT2D eigenvalue weighted by Crippen LogP contribution is -2.19. The summed E-state index contributed by atoms with van der Waals surface area (Å²) in [7, 11) is 0. The summed E-state index contributed by atoms with van der Waals surface area (Å²) in [5.74, 6) is 0.603. The second kappa shape index (κ2) is 9.72. The van der Waals surface area contributed by atoms with Crippen LogP contribution in [0.2, 0.25) is 0 Å². The Labute approximate surface area is 182 Å². The third-order valence-corrected chi connectivity index (χ3v) is 5.02. The summed E-state index contributed by atoms with van der Waals surface area (Å²) >= 11 is 0. The fraction of sp³-hybridized carbons (Fsp3) is 0.111. The lowest BCUT2D eigenvalue weighted by atomic mass is 10.0. The van der Waals surface area contributed by atoms with Gasteiger partial charge < -0.3 is 4.74 Å². The summed E-state index contributed by atoms with van der Waals surface area (Å²) in [6, 6.07) is 29.9. The number of hydrogen-bond donors (Lipinski definition) is 1. The molecular weight excluding hydrogens is 384 g/mol. The molecule has 4 aromatic rings. The lowest BCUT2D eigenvalue weighted by Gasteiger charge is -2.07. The third kappa shape index (κ3) is 5.58. The van der Waals surface area contributed by atoms with Crippen LogP contribution < -0.4 is 10.2 Å². The molecule has 1 N–H and O–H groups in total. The van der Waals surface area contributed by atoms with Crippen molar-refractivity contribution < 1.29 is 9.53 Å². The molecule has 0 radical (unpaired) electrons. The van der Waals surface area contributed by atoms with Gasteiger partial charge in [0.1, 0.15) is 12.4 Å². The smallest absolute Gasteiger partial charge is 0.244 e. The number of benzene rings is 4. The van der Waals surface area contributed by atoms with Crippen molar-refractivity contribution in [1.82, 2.24) is 5.43 Å². The molecule has 1 amide bonds. The normalized spacial score (nSPS) is 11.0. The Balaban J connectivity index is 1.33. The Bertz CT molecular complexity index is 1210. The number of rotatable bonds is 7. The topological polar surface area (TPSA) is 50.7 Å². The van der Waals surface area contributed by atoms with Crippen LogP contribution in [0.5, 0.6) is 5.75 Å². The monoisotopic (exact) mass is 408 g/mol. The van der Waals surface area contributed by atoms with Gasteiger partial charge in [-0.15, -0.1) is 0 Å². The summed E-state index contributed by atoms with van der Waals surface area (Å²) < 4.78 is 5.87. The van der Waals surface area contributed by atoms with E-state index in [1.54, 1.807) is 6.21 Å². The largest absolute Gasteiger partial charge is 0.489 e. The van der Waals surface area contributed by atoms with Crippen LogP contribution in [-0.2, 0) is 17.8 Å².